The summed E-state index contributed by atoms with van der Waals surface area (Å²) in [6.45, 7) is 4.28. The highest BCUT2D eigenvalue weighted by atomic mass is 32.1. The quantitative estimate of drug-likeness (QED) is 0.898. The van der Waals surface area contributed by atoms with Crippen molar-refractivity contribution in [2.45, 2.75) is 69.9 Å². The highest BCUT2D eigenvalue weighted by molar-refractivity contribution is 7.12. The van der Waals surface area contributed by atoms with E-state index in [1.807, 2.05) is 0 Å². The van der Waals surface area contributed by atoms with Gasteiger partial charge >= 0.3 is 0 Å². The summed E-state index contributed by atoms with van der Waals surface area (Å²) in [7, 11) is 0. The minimum atomic E-state index is 0.260. The van der Waals surface area contributed by atoms with Crippen LogP contribution in [0.25, 0.3) is 0 Å². The third kappa shape index (κ3) is 2.58. The van der Waals surface area contributed by atoms with Gasteiger partial charge in [0, 0.05) is 22.4 Å². The molecule has 2 aliphatic carbocycles. The van der Waals surface area contributed by atoms with Crippen LogP contribution in [-0.4, -0.2) is 18.8 Å². The Morgan fingerprint density at radius 2 is 2.29 bits per heavy atom. The number of hydrogen-bond donors (Lipinski definition) is 1. The van der Waals surface area contributed by atoms with Crippen molar-refractivity contribution in [3.8, 4) is 0 Å². The Labute approximate surface area is 132 Å². The lowest BCUT2D eigenvalue weighted by molar-refractivity contribution is -0.147. The standard InChI is InChI=1S/C18H27NOS/c1-2-19-17(16-11-13-5-3-6-15(13)21-16)14-7-10-20-18(12-14)8-4-9-18/h11,14,17,19H,2-10,12H2,1H3. The van der Waals surface area contributed by atoms with Crippen molar-refractivity contribution >= 4 is 11.3 Å². The van der Waals surface area contributed by atoms with Gasteiger partial charge in [-0.15, -0.1) is 11.3 Å². The first kappa shape index (κ1) is 14.2. The molecular weight excluding hydrogens is 278 g/mol. The van der Waals surface area contributed by atoms with E-state index in [-0.39, 0.29) is 5.60 Å². The van der Waals surface area contributed by atoms with Crippen LogP contribution in [0.3, 0.4) is 0 Å². The molecule has 0 amide bonds. The topological polar surface area (TPSA) is 21.3 Å². The molecule has 1 aromatic heterocycles. The number of rotatable bonds is 4. The molecule has 0 bridgehead atoms. The summed E-state index contributed by atoms with van der Waals surface area (Å²) in [6.07, 6.45) is 10.4. The molecule has 116 valence electrons. The molecule has 0 radical (unpaired) electrons. The molecule has 2 unspecified atom stereocenters. The second-order valence-electron chi connectivity index (χ2n) is 7.12. The maximum Gasteiger partial charge on any atom is 0.0686 e. The van der Waals surface area contributed by atoms with Gasteiger partial charge in [-0.05, 0) is 75.5 Å². The van der Waals surface area contributed by atoms with Crippen molar-refractivity contribution in [2.24, 2.45) is 5.92 Å². The summed E-state index contributed by atoms with van der Waals surface area (Å²) in [5.41, 5.74) is 1.90. The second-order valence-corrected chi connectivity index (χ2v) is 8.29. The lowest BCUT2D eigenvalue weighted by atomic mass is 9.70. The van der Waals surface area contributed by atoms with Gasteiger partial charge in [0.05, 0.1) is 5.60 Å². The molecule has 2 fully saturated rings. The highest BCUT2D eigenvalue weighted by Gasteiger charge is 2.44. The number of nitrogens with one attached hydrogen (secondary N) is 1. The van der Waals surface area contributed by atoms with E-state index in [2.05, 4.69) is 29.6 Å². The average molecular weight is 305 g/mol. The lowest BCUT2D eigenvalue weighted by Gasteiger charge is -2.48. The van der Waals surface area contributed by atoms with Gasteiger partial charge in [0.1, 0.15) is 0 Å². The van der Waals surface area contributed by atoms with Gasteiger partial charge < -0.3 is 10.1 Å². The largest absolute Gasteiger partial charge is 0.375 e. The van der Waals surface area contributed by atoms with Crippen molar-refractivity contribution in [1.82, 2.24) is 5.32 Å². The van der Waals surface area contributed by atoms with E-state index in [0.29, 0.717) is 6.04 Å². The number of ether oxygens (including phenoxy) is 1. The van der Waals surface area contributed by atoms with E-state index in [1.165, 1.54) is 51.4 Å². The molecule has 1 aromatic rings. The predicted molar refractivity (Wildman–Crippen MR) is 88.0 cm³/mol. The van der Waals surface area contributed by atoms with Crippen LogP contribution >= 0.6 is 11.3 Å². The predicted octanol–water partition coefficient (Wildman–Crippen LogP) is 4.24. The van der Waals surface area contributed by atoms with Crippen LogP contribution < -0.4 is 5.32 Å². The molecule has 1 saturated heterocycles. The molecule has 1 saturated carbocycles. The number of aryl methyl sites for hydroxylation is 2. The van der Waals surface area contributed by atoms with Gasteiger partial charge in [-0.25, -0.2) is 0 Å². The Morgan fingerprint density at radius 3 is 3.00 bits per heavy atom. The van der Waals surface area contributed by atoms with Crippen molar-refractivity contribution in [2.75, 3.05) is 13.2 Å². The minimum Gasteiger partial charge on any atom is -0.375 e. The molecule has 1 spiro atoms. The number of hydrogen-bond acceptors (Lipinski definition) is 3. The van der Waals surface area contributed by atoms with Gasteiger partial charge in [0.2, 0.25) is 0 Å². The summed E-state index contributed by atoms with van der Waals surface area (Å²) in [6, 6.07) is 3.08. The summed E-state index contributed by atoms with van der Waals surface area (Å²) >= 11 is 2.09. The van der Waals surface area contributed by atoms with E-state index in [9.17, 15) is 0 Å². The van der Waals surface area contributed by atoms with Crippen molar-refractivity contribution in [1.29, 1.82) is 0 Å². The van der Waals surface area contributed by atoms with Gasteiger partial charge in [0.15, 0.2) is 0 Å². The third-order valence-corrected chi connectivity index (χ3v) is 7.08. The maximum absolute atomic E-state index is 6.13. The minimum absolute atomic E-state index is 0.260. The summed E-state index contributed by atoms with van der Waals surface area (Å²) < 4.78 is 6.13. The van der Waals surface area contributed by atoms with E-state index < -0.39 is 0 Å². The Hall–Kier alpha value is -0.380. The molecule has 1 aliphatic heterocycles. The summed E-state index contributed by atoms with van der Waals surface area (Å²) in [5.74, 6) is 0.762. The fraction of sp³-hybridized carbons (Fsp3) is 0.778. The van der Waals surface area contributed by atoms with Crippen LogP contribution in [0.4, 0.5) is 0 Å². The smallest absolute Gasteiger partial charge is 0.0686 e. The van der Waals surface area contributed by atoms with E-state index in [4.69, 9.17) is 4.74 Å². The van der Waals surface area contributed by atoms with Crippen molar-refractivity contribution < 1.29 is 4.74 Å². The SMILES string of the molecule is CCNC(c1cc2c(s1)CCC2)C1CCOC2(CCC2)C1. The van der Waals surface area contributed by atoms with Crippen LogP contribution in [0.1, 0.15) is 66.8 Å². The van der Waals surface area contributed by atoms with Gasteiger partial charge in [-0.3, -0.25) is 0 Å². The van der Waals surface area contributed by atoms with Crippen LogP contribution in [-0.2, 0) is 17.6 Å². The second kappa shape index (κ2) is 5.68. The average Bonchev–Trinajstić information content (AvgIpc) is 3.04. The van der Waals surface area contributed by atoms with Crippen LogP contribution in [0.2, 0.25) is 0 Å². The van der Waals surface area contributed by atoms with Crippen molar-refractivity contribution in [3.63, 3.8) is 0 Å². The molecule has 4 rings (SSSR count). The molecule has 21 heavy (non-hydrogen) atoms. The first-order chi connectivity index (χ1) is 10.3. The molecule has 3 heteroatoms. The highest BCUT2D eigenvalue weighted by Crippen LogP contribution is 2.48. The number of thiophene rings is 1. The molecule has 1 N–H and O–H groups in total. The lowest BCUT2D eigenvalue weighted by Crippen LogP contribution is -2.47. The van der Waals surface area contributed by atoms with Gasteiger partial charge in [0.25, 0.3) is 0 Å². The molecular formula is C18H27NOS. The summed E-state index contributed by atoms with van der Waals surface area (Å²) in [5, 5.41) is 3.80. The molecule has 2 nitrogen and oxygen atoms in total. The van der Waals surface area contributed by atoms with Crippen LogP contribution in [0.15, 0.2) is 6.07 Å². The molecule has 2 atom stereocenters. The Kier molecular flexibility index (Phi) is 3.85. The zero-order valence-electron chi connectivity index (χ0n) is 13.1. The Balaban J connectivity index is 1.55. The fourth-order valence-corrected chi connectivity index (χ4v) is 5.92. The zero-order chi connectivity index (χ0) is 14.3. The van der Waals surface area contributed by atoms with Crippen LogP contribution in [0.5, 0.6) is 0 Å². The van der Waals surface area contributed by atoms with E-state index >= 15 is 0 Å². The molecule has 2 heterocycles. The van der Waals surface area contributed by atoms with Crippen molar-refractivity contribution in [3.05, 3.63) is 21.4 Å². The first-order valence-electron chi connectivity index (χ1n) is 8.78. The van der Waals surface area contributed by atoms with Crippen LogP contribution in [0, 0.1) is 5.92 Å². The fourth-order valence-electron chi connectivity index (χ4n) is 4.49. The Bertz CT molecular complexity index is 484. The summed E-state index contributed by atoms with van der Waals surface area (Å²) in [4.78, 5) is 3.27. The van der Waals surface area contributed by atoms with Gasteiger partial charge in [-0.1, -0.05) is 6.92 Å². The van der Waals surface area contributed by atoms with Gasteiger partial charge in [-0.2, -0.15) is 0 Å². The Morgan fingerprint density at radius 1 is 1.38 bits per heavy atom. The molecule has 0 aromatic carbocycles. The molecule has 3 aliphatic rings. The third-order valence-electron chi connectivity index (χ3n) is 5.76. The first-order valence-corrected chi connectivity index (χ1v) is 9.60. The maximum atomic E-state index is 6.13. The normalized spacial score (nSPS) is 28.3. The van der Waals surface area contributed by atoms with E-state index in [1.54, 1.807) is 15.3 Å². The zero-order valence-corrected chi connectivity index (χ0v) is 13.9. The monoisotopic (exact) mass is 305 g/mol. The van der Waals surface area contributed by atoms with E-state index in [0.717, 1.165) is 19.1 Å². The number of fused-ring (bicyclic) bond motifs is 1.